The van der Waals surface area contributed by atoms with Gasteiger partial charge in [-0.25, -0.2) is 14.8 Å². The van der Waals surface area contributed by atoms with Crippen LogP contribution >= 0.6 is 11.3 Å². The van der Waals surface area contributed by atoms with Crippen LogP contribution in [0.4, 0.5) is 4.79 Å². The van der Waals surface area contributed by atoms with Crippen LogP contribution in [0.1, 0.15) is 5.82 Å². The minimum absolute atomic E-state index is 0.0569. The first-order chi connectivity index (χ1) is 9.01. The van der Waals surface area contributed by atoms with E-state index in [9.17, 15) is 9.00 Å². The van der Waals surface area contributed by atoms with Crippen molar-refractivity contribution in [3.8, 4) is 5.88 Å². The number of hydrogen-bond donors (Lipinski definition) is 2. The van der Waals surface area contributed by atoms with Crippen LogP contribution in [-0.2, 0) is 10.8 Å². The predicted molar refractivity (Wildman–Crippen MR) is 68.5 cm³/mol. The summed E-state index contributed by atoms with van der Waals surface area (Å²) in [5.41, 5.74) is 5.17. The fraction of sp³-hybridized carbons (Fsp3) is 0.333. The maximum atomic E-state index is 11.8. The molecule has 2 aromatic rings. The van der Waals surface area contributed by atoms with Crippen molar-refractivity contribution in [3.05, 3.63) is 5.82 Å². The molecule has 2 heterocycles. The number of fused-ring (bicyclic) bond motifs is 1. The fourth-order valence-corrected chi connectivity index (χ4v) is 3.42. The second kappa shape index (κ2) is 5.55. The third-order valence-corrected chi connectivity index (χ3v) is 4.57. The van der Waals surface area contributed by atoms with E-state index in [0.29, 0.717) is 15.0 Å². The van der Waals surface area contributed by atoms with E-state index in [1.54, 1.807) is 6.92 Å². The monoisotopic (exact) mass is 302 g/mol. The molecule has 2 aromatic heterocycles. The summed E-state index contributed by atoms with van der Waals surface area (Å²) in [6.07, 6.45) is -1.01. The molecule has 0 aromatic carbocycles. The van der Waals surface area contributed by atoms with Gasteiger partial charge in [-0.05, 0) is 6.92 Å². The SMILES string of the molecule is Cc1nc(OC(N)=O)c2nc(S(=O)CCO)sc2n1. The number of hydrogen-bond acceptors (Lipinski definition) is 8. The van der Waals surface area contributed by atoms with Gasteiger partial charge in [0, 0.05) is 0 Å². The van der Waals surface area contributed by atoms with Crippen molar-refractivity contribution >= 4 is 38.6 Å². The van der Waals surface area contributed by atoms with Gasteiger partial charge in [0.05, 0.1) is 23.2 Å². The molecule has 0 saturated carbocycles. The molecule has 0 saturated heterocycles. The zero-order chi connectivity index (χ0) is 14.0. The molecule has 8 nitrogen and oxygen atoms in total. The van der Waals surface area contributed by atoms with E-state index in [-0.39, 0.29) is 23.8 Å². The number of ether oxygens (including phenoxy) is 1. The van der Waals surface area contributed by atoms with Crippen LogP contribution < -0.4 is 10.5 Å². The lowest BCUT2D eigenvalue weighted by Gasteiger charge is -2.00. The molecule has 0 fully saturated rings. The summed E-state index contributed by atoms with van der Waals surface area (Å²) in [5, 5.41) is 8.76. The van der Waals surface area contributed by atoms with Gasteiger partial charge in [0.15, 0.2) is 14.7 Å². The van der Waals surface area contributed by atoms with Crippen molar-refractivity contribution in [1.29, 1.82) is 0 Å². The van der Waals surface area contributed by atoms with E-state index < -0.39 is 16.9 Å². The zero-order valence-electron chi connectivity index (χ0n) is 9.82. The number of nitrogens with zero attached hydrogens (tertiary/aromatic N) is 3. The van der Waals surface area contributed by atoms with Crippen LogP contribution in [0, 0.1) is 6.92 Å². The molecule has 0 aliphatic carbocycles. The number of thiazole rings is 1. The number of nitrogens with two attached hydrogens (primary N) is 1. The molecule has 2 rings (SSSR count). The number of amides is 1. The number of aryl methyl sites for hydroxylation is 1. The van der Waals surface area contributed by atoms with Crippen LogP contribution in [0.5, 0.6) is 5.88 Å². The minimum Gasteiger partial charge on any atom is -0.395 e. The largest absolute Gasteiger partial charge is 0.411 e. The highest BCUT2D eigenvalue weighted by molar-refractivity contribution is 7.87. The smallest absolute Gasteiger partial charge is 0.395 e. The molecule has 0 bridgehead atoms. The molecule has 1 atom stereocenters. The molecule has 0 radical (unpaired) electrons. The molecule has 0 spiro atoms. The third kappa shape index (κ3) is 3.03. The number of rotatable bonds is 4. The third-order valence-electron chi connectivity index (χ3n) is 1.99. The highest BCUT2D eigenvalue weighted by Gasteiger charge is 2.17. The van der Waals surface area contributed by atoms with E-state index in [1.165, 1.54) is 0 Å². The average Bonchev–Trinajstić information content (AvgIpc) is 2.72. The molecular weight excluding hydrogens is 292 g/mol. The summed E-state index contributed by atoms with van der Waals surface area (Å²) in [6, 6.07) is 0. The Balaban J connectivity index is 2.51. The first kappa shape index (κ1) is 13.8. The Morgan fingerprint density at radius 1 is 1.47 bits per heavy atom. The molecular formula is C9H10N4O4S2. The second-order valence-electron chi connectivity index (χ2n) is 3.40. The quantitative estimate of drug-likeness (QED) is 0.810. The topological polar surface area (TPSA) is 128 Å². The number of carbonyl (C=O) groups is 1. The lowest BCUT2D eigenvalue weighted by molar-refractivity contribution is 0.209. The summed E-state index contributed by atoms with van der Waals surface area (Å²) in [5.74, 6) is 0.406. The number of primary amides is 1. The molecule has 0 aliphatic heterocycles. The van der Waals surface area contributed by atoms with Gasteiger partial charge in [-0.3, -0.25) is 4.21 Å². The van der Waals surface area contributed by atoms with Crippen molar-refractivity contribution in [2.45, 2.75) is 11.3 Å². The van der Waals surface area contributed by atoms with Gasteiger partial charge in [0.1, 0.15) is 5.82 Å². The van der Waals surface area contributed by atoms with Gasteiger partial charge < -0.3 is 15.6 Å². The van der Waals surface area contributed by atoms with E-state index >= 15 is 0 Å². The standard InChI is InChI=1S/C9H10N4O4S2/c1-4-11-6(17-8(10)15)5-7(12-4)18-9(13-5)19(16)3-2-14/h14H,2-3H2,1H3,(H2,10,15). The summed E-state index contributed by atoms with van der Waals surface area (Å²) >= 11 is 1.10. The molecule has 10 heteroatoms. The first-order valence-electron chi connectivity index (χ1n) is 5.13. The number of aromatic nitrogens is 3. The summed E-state index contributed by atoms with van der Waals surface area (Å²) in [6.45, 7) is 1.41. The summed E-state index contributed by atoms with van der Waals surface area (Å²) in [7, 11) is -1.43. The van der Waals surface area contributed by atoms with Crippen molar-refractivity contribution in [2.75, 3.05) is 12.4 Å². The Labute approximate surface area is 114 Å². The Kier molecular flexibility index (Phi) is 4.02. The number of carbonyl (C=O) groups excluding carboxylic acids is 1. The van der Waals surface area contributed by atoms with E-state index in [1.807, 2.05) is 0 Å². The van der Waals surface area contributed by atoms with Crippen LogP contribution in [0.15, 0.2) is 4.34 Å². The van der Waals surface area contributed by atoms with Gasteiger partial charge in [-0.2, -0.15) is 4.98 Å². The predicted octanol–water partition coefficient (Wildman–Crippen LogP) is -0.0479. The zero-order valence-corrected chi connectivity index (χ0v) is 11.5. The van der Waals surface area contributed by atoms with Gasteiger partial charge >= 0.3 is 6.09 Å². The Hall–Kier alpha value is -1.65. The van der Waals surface area contributed by atoms with Crippen LogP contribution in [0.2, 0.25) is 0 Å². The van der Waals surface area contributed by atoms with Crippen molar-refractivity contribution in [2.24, 2.45) is 5.73 Å². The summed E-state index contributed by atoms with van der Waals surface area (Å²) < 4.78 is 16.8. The van der Waals surface area contributed by atoms with Gasteiger partial charge in [-0.15, -0.1) is 0 Å². The fourth-order valence-electron chi connectivity index (χ4n) is 1.31. The minimum atomic E-state index is -1.43. The average molecular weight is 302 g/mol. The van der Waals surface area contributed by atoms with Gasteiger partial charge in [-0.1, -0.05) is 11.3 Å². The van der Waals surface area contributed by atoms with Crippen molar-refractivity contribution in [1.82, 2.24) is 15.0 Å². The Morgan fingerprint density at radius 3 is 2.84 bits per heavy atom. The molecule has 1 amide bonds. The second-order valence-corrected chi connectivity index (χ2v) is 6.13. The Bertz CT molecular complexity index is 657. The first-order valence-corrected chi connectivity index (χ1v) is 7.26. The summed E-state index contributed by atoms with van der Waals surface area (Å²) in [4.78, 5) is 23.4. The number of aliphatic hydroxyl groups excluding tert-OH is 1. The van der Waals surface area contributed by atoms with Crippen LogP contribution in [0.25, 0.3) is 10.3 Å². The van der Waals surface area contributed by atoms with Gasteiger partial charge in [0.2, 0.25) is 0 Å². The highest BCUT2D eigenvalue weighted by atomic mass is 32.2. The normalized spacial score (nSPS) is 12.5. The van der Waals surface area contributed by atoms with Crippen LogP contribution in [0.3, 0.4) is 0 Å². The highest BCUT2D eigenvalue weighted by Crippen LogP contribution is 2.28. The maximum Gasteiger partial charge on any atom is 0.411 e. The maximum absolute atomic E-state index is 11.8. The molecule has 19 heavy (non-hydrogen) atoms. The van der Waals surface area contributed by atoms with Crippen molar-refractivity contribution in [3.63, 3.8) is 0 Å². The Morgan fingerprint density at radius 2 is 2.21 bits per heavy atom. The van der Waals surface area contributed by atoms with Crippen LogP contribution in [-0.4, -0.2) is 42.7 Å². The molecule has 1 unspecified atom stereocenters. The molecule has 102 valence electrons. The lowest BCUT2D eigenvalue weighted by Crippen LogP contribution is -2.17. The molecule has 0 aliphatic rings. The van der Waals surface area contributed by atoms with Crippen molar-refractivity contribution < 1.29 is 18.8 Å². The van der Waals surface area contributed by atoms with E-state index in [0.717, 1.165) is 11.3 Å². The molecule has 3 N–H and O–H groups in total. The van der Waals surface area contributed by atoms with E-state index in [4.69, 9.17) is 15.6 Å². The van der Waals surface area contributed by atoms with Gasteiger partial charge in [0.25, 0.3) is 5.88 Å². The number of aliphatic hydroxyl groups is 1. The van der Waals surface area contributed by atoms with E-state index in [2.05, 4.69) is 15.0 Å². The lowest BCUT2D eigenvalue weighted by atomic mass is 10.5.